The van der Waals surface area contributed by atoms with Crippen LogP contribution < -0.4 is 10.2 Å². The number of primary sulfonamides is 1. The first kappa shape index (κ1) is 9.17. The molecule has 0 aliphatic heterocycles. The third-order valence-electron chi connectivity index (χ3n) is 1.09. The lowest BCUT2D eigenvalue weighted by atomic mass is 10.4. The summed E-state index contributed by atoms with van der Waals surface area (Å²) in [5.41, 5.74) is -0.177. The minimum Gasteiger partial charge on any atom is -0.545 e. The molecule has 0 saturated carbocycles. The number of sulfonamides is 1. The van der Waals surface area contributed by atoms with Crippen LogP contribution in [0, 0.1) is 0 Å². The number of thiophene rings is 1. The van der Waals surface area contributed by atoms with E-state index in [1.807, 2.05) is 0 Å². The minimum absolute atomic E-state index is 0.177. The summed E-state index contributed by atoms with van der Waals surface area (Å²) in [5, 5.41) is 16.1. The molecule has 7 heteroatoms. The first-order chi connectivity index (χ1) is 5.41. The van der Waals surface area contributed by atoms with Crippen LogP contribution in [0.1, 0.15) is 10.4 Å². The maximum Gasteiger partial charge on any atom is 0.247 e. The third kappa shape index (κ3) is 1.81. The Kier molecular flexibility index (Phi) is 2.18. The zero-order chi connectivity index (χ0) is 9.35. The maximum absolute atomic E-state index is 10.6. The molecule has 0 saturated heterocycles. The van der Waals surface area contributed by atoms with Gasteiger partial charge in [0.1, 0.15) is 4.21 Å². The van der Waals surface area contributed by atoms with Gasteiger partial charge in [-0.2, -0.15) is 0 Å². The van der Waals surface area contributed by atoms with Gasteiger partial charge in [-0.1, -0.05) is 0 Å². The molecule has 0 amide bonds. The second-order valence-corrected chi connectivity index (χ2v) is 4.69. The Bertz CT molecular complexity index is 405. The number of carboxylic acid groups (broad SMARTS) is 1. The highest BCUT2D eigenvalue weighted by atomic mass is 32.2. The Morgan fingerprint density at radius 3 is 2.42 bits per heavy atom. The molecule has 0 spiro atoms. The van der Waals surface area contributed by atoms with Crippen LogP contribution in [0.5, 0.6) is 0 Å². The highest BCUT2D eigenvalue weighted by Gasteiger charge is 2.10. The molecular weight excluding hydrogens is 202 g/mol. The summed E-state index contributed by atoms with van der Waals surface area (Å²) in [6.45, 7) is 0. The van der Waals surface area contributed by atoms with Gasteiger partial charge in [0.15, 0.2) is 0 Å². The molecule has 1 rings (SSSR count). The second-order valence-electron chi connectivity index (χ2n) is 1.99. The minimum atomic E-state index is -3.79. The monoisotopic (exact) mass is 206 g/mol. The van der Waals surface area contributed by atoms with Crippen LogP contribution >= 0.6 is 11.3 Å². The van der Waals surface area contributed by atoms with Gasteiger partial charge in [0, 0.05) is 10.9 Å². The Morgan fingerprint density at radius 2 is 2.17 bits per heavy atom. The van der Waals surface area contributed by atoms with E-state index in [1.165, 1.54) is 0 Å². The first-order valence-electron chi connectivity index (χ1n) is 2.74. The molecule has 1 aromatic rings. The summed E-state index contributed by atoms with van der Waals surface area (Å²) in [4.78, 5) is 10.2. The smallest absolute Gasteiger partial charge is 0.247 e. The van der Waals surface area contributed by atoms with E-state index in [1.54, 1.807) is 0 Å². The van der Waals surface area contributed by atoms with Crippen molar-refractivity contribution in [3.63, 3.8) is 0 Å². The van der Waals surface area contributed by atoms with E-state index in [9.17, 15) is 18.3 Å². The summed E-state index contributed by atoms with van der Waals surface area (Å²) in [6.07, 6.45) is 0. The quantitative estimate of drug-likeness (QED) is 0.653. The average molecular weight is 206 g/mol. The zero-order valence-electron chi connectivity index (χ0n) is 5.68. The number of hydrogen-bond donors (Lipinski definition) is 1. The van der Waals surface area contributed by atoms with Gasteiger partial charge in [0.2, 0.25) is 10.0 Å². The second kappa shape index (κ2) is 2.85. The fourth-order valence-corrected chi connectivity index (χ4v) is 2.15. The van der Waals surface area contributed by atoms with Crippen molar-refractivity contribution in [1.82, 2.24) is 0 Å². The standard InChI is InChI=1S/C5H5NO4S2/c6-12(9,10)4-1-3(2-11-4)5(7)8/h1-2H,(H,7,8)(H2,6,9,10)/p-1. The largest absolute Gasteiger partial charge is 0.545 e. The third-order valence-corrected chi connectivity index (χ3v) is 3.48. The van der Waals surface area contributed by atoms with Crippen LogP contribution in [0.4, 0.5) is 0 Å². The van der Waals surface area contributed by atoms with E-state index < -0.39 is 16.0 Å². The Morgan fingerprint density at radius 1 is 1.58 bits per heavy atom. The molecule has 66 valence electrons. The van der Waals surface area contributed by atoms with E-state index in [0.29, 0.717) is 0 Å². The lowest BCUT2D eigenvalue weighted by molar-refractivity contribution is -0.255. The molecule has 0 bridgehead atoms. The number of nitrogens with two attached hydrogens (primary N) is 1. The fraction of sp³-hybridized carbons (Fsp3) is 0. The van der Waals surface area contributed by atoms with Crippen molar-refractivity contribution in [3.8, 4) is 0 Å². The summed E-state index contributed by atoms with van der Waals surface area (Å²) >= 11 is 0.751. The van der Waals surface area contributed by atoms with E-state index in [0.717, 1.165) is 22.8 Å². The molecule has 2 N–H and O–H groups in total. The highest BCUT2D eigenvalue weighted by molar-refractivity contribution is 7.91. The number of carbonyl (C=O) groups excluding carboxylic acids is 1. The van der Waals surface area contributed by atoms with Crippen LogP contribution in [-0.2, 0) is 10.0 Å². The van der Waals surface area contributed by atoms with Gasteiger partial charge in [-0.05, 0) is 6.07 Å². The van der Waals surface area contributed by atoms with Crippen LogP contribution in [0.3, 0.4) is 0 Å². The average Bonchev–Trinajstić information content (AvgIpc) is 2.30. The Hall–Kier alpha value is -0.920. The van der Waals surface area contributed by atoms with Gasteiger partial charge in [-0.3, -0.25) is 0 Å². The zero-order valence-corrected chi connectivity index (χ0v) is 7.31. The van der Waals surface area contributed by atoms with Crippen molar-refractivity contribution in [1.29, 1.82) is 0 Å². The maximum atomic E-state index is 10.6. The lowest BCUT2D eigenvalue weighted by Gasteiger charge is -1.93. The van der Waals surface area contributed by atoms with Gasteiger partial charge >= 0.3 is 0 Å². The molecule has 0 aromatic carbocycles. The van der Waals surface area contributed by atoms with Crippen molar-refractivity contribution < 1.29 is 18.3 Å². The summed E-state index contributed by atoms with van der Waals surface area (Å²) in [7, 11) is -3.79. The molecule has 1 heterocycles. The number of hydrogen-bond acceptors (Lipinski definition) is 5. The number of rotatable bonds is 2. The molecule has 0 aliphatic carbocycles. The van der Waals surface area contributed by atoms with Gasteiger partial charge < -0.3 is 9.90 Å². The van der Waals surface area contributed by atoms with Crippen LogP contribution in [0.25, 0.3) is 0 Å². The SMILES string of the molecule is NS(=O)(=O)c1cc(C(=O)[O-])cs1. The predicted molar refractivity (Wildman–Crippen MR) is 40.0 cm³/mol. The Balaban J connectivity index is 3.17. The van der Waals surface area contributed by atoms with Crippen LogP contribution in [0.2, 0.25) is 0 Å². The number of aromatic carboxylic acids is 1. The lowest BCUT2D eigenvalue weighted by Crippen LogP contribution is -2.21. The predicted octanol–water partition coefficient (Wildman–Crippen LogP) is -1.24. The van der Waals surface area contributed by atoms with Gasteiger partial charge in [-0.25, -0.2) is 13.6 Å². The topological polar surface area (TPSA) is 100 Å². The van der Waals surface area contributed by atoms with Crippen LogP contribution in [0.15, 0.2) is 15.7 Å². The Labute approximate surface area is 72.5 Å². The molecular formula is C5H4NO4S2-. The van der Waals surface area contributed by atoms with E-state index in [4.69, 9.17) is 5.14 Å². The fourth-order valence-electron chi connectivity index (χ4n) is 0.573. The molecule has 0 unspecified atom stereocenters. The van der Waals surface area contributed by atoms with Gasteiger partial charge in [-0.15, -0.1) is 11.3 Å². The normalized spacial score (nSPS) is 11.4. The van der Waals surface area contributed by atoms with Crippen molar-refractivity contribution in [3.05, 3.63) is 17.0 Å². The van der Waals surface area contributed by atoms with Crippen molar-refractivity contribution in [2.45, 2.75) is 4.21 Å². The first-order valence-corrected chi connectivity index (χ1v) is 5.16. The molecule has 5 nitrogen and oxygen atoms in total. The molecule has 1 aromatic heterocycles. The highest BCUT2D eigenvalue weighted by Crippen LogP contribution is 2.17. The van der Waals surface area contributed by atoms with Crippen molar-refractivity contribution >= 4 is 27.3 Å². The van der Waals surface area contributed by atoms with E-state index in [-0.39, 0.29) is 9.77 Å². The van der Waals surface area contributed by atoms with Gasteiger partial charge in [0.25, 0.3) is 0 Å². The van der Waals surface area contributed by atoms with Crippen LogP contribution in [-0.4, -0.2) is 14.4 Å². The van der Waals surface area contributed by atoms with Crippen molar-refractivity contribution in [2.75, 3.05) is 0 Å². The van der Waals surface area contributed by atoms with E-state index >= 15 is 0 Å². The number of carboxylic acids is 1. The van der Waals surface area contributed by atoms with Crippen molar-refractivity contribution in [2.24, 2.45) is 5.14 Å². The molecule has 12 heavy (non-hydrogen) atoms. The molecule has 0 fully saturated rings. The summed E-state index contributed by atoms with van der Waals surface area (Å²) < 4.78 is 21.1. The molecule has 0 atom stereocenters. The summed E-state index contributed by atoms with van der Waals surface area (Å²) in [5.74, 6) is -1.42. The molecule has 0 radical (unpaired) electrons. The summed E-state index contributed by atoms with van der Waals surface area (Å²) in [6, 6.07) is 0.968. The van der Waals surface area contributed by atoms with E-state index in [2.05, 4.69) is 0 Å². The molecule has 0 aliphatic rings. The van der Waals surface area contributed by atoms with Gasteiger partial charge in [0.05, 0.1) is 5.97 Å². The number of carbonyl (C=O) groups is 1.